The Morgan fingerprint density at radius 2 is 2.37 bits per heavy atom. The smallest absolute Gasteiger partial charge is 0.227 e. The molecule has 1 heterocycles. The van der Waals surface area contributed by atoms with Gasteiger partial charge in [0.25, 0.3) is 0 Å². The summed E-state index contributed by atoms with van der Waals surface area (Å²) in [6, 6.07) is 7.84. The second kappa shape index (κ2) is 6.54. The van der Waals surface area contributed by atoms with Gasteiger partial charge in [-0.3, -0.25) is 4.79 Å². The molecule has 5 heteroatoms. The number of aliphatic hydroxyl groups is 1. The van der Waals surface area contributed by atoms with Crippen LogP contribution >= 0.6 is 0 Å². The first-order valence-corrected chi connectivity index (χ1v) is 6.50. The summed E-state index contributed by atoms with van der Waals surface area (Å²) in [4.78, 5) is 12.2. The van der Waals surface area contributed by atoms with E-state index in [1.807, 2.05) is 24.3 Å². The van der Waals surface area contributed by atoms with Crippen LogP contribution in [0.25, 0.3) is 0 Å². The average Bonchev–Trinajstić information content (AvgIpc) is 2.44. The van der Waals surface area contributed by atoms with Crippen LogP contribution < -0.4 is 10.6 Å². The minimum atomic E-state index is -0.661. The Morgan fingerprint density at radius 3 is 3.16 bits per heavy atom. The summed E-state index contributed by atoms with van der Waals surface area (Å²) in [5.74, 6) is -0.184. The third-order valence-corrected chi connectivity index (χ3v) is 3.27. The Kier molecular flexibility index (Phi) is 4.76. The average molecular weight is 264 g/mol. The van der Waals surface area contributed by atoms with E-state index >= 15 is 0 Å². The van der Waals surface area contributed by atoms with Crippen molar-refractivity contribution in [3.8, 4) is 0 Å². The fourth-order valence-electron chi connectivity index (χ4n) is 2.33. The summed E-state index contributed by atoms with van der Waals surface area (Å²) in [6.45, 7) is 1.23. The molecular weight excluding hydrogens is 244 g/mol. The van der Waals surface area contributed by atoms with E-state index in [9.17, 15) is 9.90 Å². The number of hydrogen-bond donors (Lipinski definition) is 3. The minimum absolute atomic E-state index is 0.0379. The zero-order valence-electron chi connectivity index (χ0n) is 11.1. The molecule has 0 saturated heterocycles. The number of fused-ring (bicyclic) bond motifs is 1. The number of carbonyl (C=O) groups is 1. The van der Waals surface area contributed by atoms with Crippen molar-refractivity contribution in [2.45, 2.75) is 18.4 Å². The molecule has 1 aromatic carbocycles. The number of carbonyl (C=O) groups excluding carboxylic acids is 1. The first-order chi connectivity index (χ1) is 9.22. The highest BCUT2D eigenvalue weighted by atomic mass is 16.5. The summed E-state index contributed by atoms with van der Waals surface area (Å²) < 4.78 is 4.83. The molecule has 104 valence electrons. The molecular formula is C14H20N2O3. The van der Waals surface area contributed by atoms with Crippen LogP contribution in [0.15, 0.2) is 24.3 Å². The normalized spacial score (nSPS) is 19.2. The van der Waals surface area contributed by atoms with E-state index in [0.29, 0.717) is 0 Å². The number of anilines is 1. The molecule has 0 aliphatic carbocycles. The third kappa shape index (κ3) is 3.45. The van der Waals surface area contributed by atoms with Crippen molar-refractivity contribution >= 4 is 11.6 Å². The number of nitrogens with one attached hydrogen (secondary N) is 2. The Hall–Kier alpha value is -1.59. The number of para-hydroxylation sites is 1. The minimum Gasteiger partial charge on any atom is -0.389 e. The summed E-state index contributed by atoms with van der Waals surface area (Å²) in [5.41, 5.74) is 2.04. The fourth-order valence-corrected chi connectivity index (χ4v) is 2.33. The first kappa shape index (κ1) is 13.8. The highest BCUT2D eigenvalue weighted by Gasteiger charge is 2.26. The fraction of sp³-hybridized carbons (Fsp3) is 0.500. The lowest BCUT2D eigenvalue weighted by Gasteiger charge is -2.26. The second-order valence-electron chi connectivity index (χ2n) is 4.71. The van der Waals surface area contributed by atoms with Crippen LogP contribution in [-0.4, -0.2) is 43.9 Å². The van der Waals surface area contributed by atoms with Gasteiger partial charge in [-0.15, -0.1) is 0 Å². The predicted octanol–water partition coefficient (Wildman–Crippen LogP) is 0.709. The highest BCUT2D eigenvalue weighted by molar-refractivity contribution is 5.86. The molecule has 19 heavy (non-hydrogen) atoms. The molecule has 0 aromatic heterocycles. The molecule has 2 atom stereocenters. The van der Waals surface area contributed by atoms with E-state index in [4.69, 9.17) is 4.74 Å². The molecule has 2 unspecified atom stereocenters. The first-order valence-electron chi connectivity index (χ1n) is 6.50. The number of benzene rings is 1. The van der Waals surface area contributed by atoms with Crippen LogP contribution in [0.1, 0.15) is 17.9 Å². The van der Waals surface area contributed by atoms with E-state index in [1.165, 1.54) is 7.11 Å². The molecule has 0 spiro atoms. The number of amides is 1. The van der Waals surface area contributed by atoms with E-state index in [1.54, 1.807) is 0 Å². The van der Waals surface area contributed by atoms with Crippen LogP contribution in [-0.2, 0) is 9.53 Å². The van der Waals surface area contributed by atoms with Gasteiger partial charge in [-0.2, -0.15) is 0 Å². The van der Waals surface area contributed by atoms with Crippen LogP contribution in [0.2, 0.25) is 0 Å². The van der Waals surface area contributed by atoms with Gasteiger partial charge in [0.1, 0.15) is 0 Å². The lowest BCUT2D eigenvalue weighted by molar-refractivity contribution is -0.123. The van der Waals surface area contributed by atoms with Gasteiger partial charge in [-0.1, -0.05) is 18.2 Å². The summed E-state index contributed by atoms with van der Waals surface area (Å²) in [6.07, 6.45) is 0.106. The molecule has 0 radical (unpaired) electrons. The van der Waals surface area contributed by atoms with Crippen molar-refractivity contribution in [2.24, 2.45) is 0 Å². The monoisotopic (exact) mass is 264 g/mol. The SMILES string of the molecule is COCC(O)CNC(=O)C1CCNc2ccccc21. The molecule has 1 amide bonds. The Labute approximate surface area is 113 Å². The molecule has 1 aromatic rings. The topological polar surface area (TPSA) is 70.6 Å². The molecule has 1 aliphatic rings. The summed E-state index contributed by atoms with van der Waals surface area (Å²) in [7, 11) is 1.52. The van der Waals surface area contributed by atoms with Crippen molar-refractivity contribution in [1.29, 1.82) is 0 Å². The van der Waals surface area contributed by atoms with Gasteiger partial charge in [-0.05, 0) is 18.1 Å². The van der Waals surface area contributed by atoms with Gasteiger partial charge in [0.15, 0.2) is 0 Å². The van der Waals surface area contributed by atoms with E-state index in [-0.39, 0.29) is 25.0 Å². The third-order valence-electron chi connectivity index (χ3n) is 3.27. The van der Waals surface area contributed by atoms with Gasteiger partial charge in [0.2, 0.25) is 5.91 Å². The van der Waals surface area contributed by atoms with Gasteiger partial charge in [-0.25, -0.2) is 0 Å². The van der Waals surface area contributed by atoms with Gasteiger partial charge in [0, 0.05) is 25.9 Å². The molecule has 1 aliphatic heterocycles. The standard InChI is InChI=1S/C14H20N2O3/c1-19-9-10(17)8-16-14(18)12-6-7-15-13-5-3-2-4-11(12)13/h2-5,10,12,15,17H,6-9H2,1H3,(H,16,18). The molecule has 0 fully saturated rings. The summed E-state index contributed by atoms with van der Waals surface area (Å²) in [5, 5.41) is 15.6. The number of hydrogen-bond acceptors (Lipinski definition) is 4. The van der Waals surface area contributed by atoms with E-state index < -0.39 is 6.10 Å². The number of rotatable bonds is 5. The maximum atomic E-state index is 12.2. The molecule has 2 rings (SSSR count). The van der Waals surface area contributed by atoms with Gasteiger partial charge >= 0.3 is 0 Å². The van der Waals surface area contributed by atoms with Crippen molar-refractivity contribution in [3.63, 3.8) is 0 Å². The molecule has 0 saturated carbocycles. The molecule has 0 bridgehead atoms. The van der Waals surface area contributed by atoms with E-state index in [2.05, 4.69) is 10.6 Å². The van der Waals surface area contributed by atoms with Crippen LogP contribution in [0.5, 0.6) is 0 Å². The lowest BCUT2D eigenvalue weighted by Crippen LogP contribution is -2.38. The number of aliphatic hydroxyl groups excluding tert-OH is 1. The van der Waals surface area contributed by atoms with Crippen LogP contribution in [0.3, 0.4) is 0 Å². The zero-order valence-corrected chi connectivity index (χ0v) is 11.1. The Balaban J connectivity index is 1.97. The quantitative estimate of drug-likeness (QED) is 0.732. The van der Waals surface area contributed by atoms with Crippen molar-refractivity contribution < 1.29 is 14.6 Å². The molecule has 5 nitrogen and oxygen atoms in total. The lowest BCUT2D eigenvalue weighted by atomic mass is 9.90. The maximum Gasteiger partial charge on any atom is 0.227 e. The van der Waals surface area contributed by atoms with Crippen molar-refractivity contribution in [3.05, 3.63) is 29.8 Å². The van der Waals surface area contributed by atoms with Gasteiger partial charge in [0.05, 0.1) is 18.6 Å². The molecule has 3 N–H and O–H groups in total. The maximum absolute atomic E-state index is 12.2. The number of methoxy groups -OCH3 is 1. The summed E-state index contributed by atoms with van der Waals surface area (Å²) >= 11 is 0. The zero-order chi connectivity index (χ0) is 13.7. The second-order valence-corrected chi connectivity index (χ2v) is 4.71. The van der Waals surface area contributed by atoms with Crippen molar-refractivity contribution in [1.82, 2.24) is 5.32 Å². The van der Waals surface area contributed by atoms with E-state index in [0.717, 1.165) is 24.2 Å². The Morgan fingerprint density at radius 1 is 1.58 bits per heavy atom. The van der Waals surface area contributed by atoms with Crippen molar-refractivity contribution in [2.75, 3.05) is 32.1 Å². The highest BCUT2D eigenvalue weighted by Crippen LogP contribution is 2.31. The largest absolute Gasteiger partial charge is 0.389 e. The van der Waals surface area contributed by atoms with Gasteiger partial charge < -0.3 is 20.5 Å². The Bertz CT molecular complexity index is 436. The van der Waals surface area contributed by atoms with Crippen LogP contribution in [0, 0.1) is 0 Å². The predicted molar refractivity (Wildman–Crippen MR) is 73.2 cm³/mol. The number of ether oxygens (including phenoxy) is 1. The van der Waals surface area contributed by atoms with Crippen LogP contribution in [0.4, 0.5) is 5.69 Å².